The van der Waals surface area contributed by atoms with Crippen LogP contribution in [-0.2, 0) is 6.42 Å². The molecular formula is C15H14O3. The molecule has 18 heavy (non-hydrogen) atoms. The number of hydrogen-bond acceptors (Lipinski definition) is 3. The van der Waals surface area contributed by atoms with E-state index in [1.54, 1.807) is 24.3 Å². The van der Waals surface area contributed by atoms with Gasteiger partial charge in [-0.05, 0) is 29.3 Å². The van der Waals surface area contributed by atoms with Crippen LogP contribution in [0.3, 0.4) is 0 Å². The second kappa shape index (κ2) is 4.35. The molecule has 2 aromatic rings. The average Bonchev–Trinajstić information content (AvgIpc) is 2.39. The molecule has 1 heterocycles. The van der Waals surface area contributed by atoms with E-state index in [1.165, 1.54) is 0 Å². The van der Waals surface area contributed by atoms with Crippen molar-refractivity contribution in [2.75, 3.05) is 0 Å². The zero-order valence-electron chi connectivity index (χ0n) is 9.78. The zero-order chi connectivity index (χ0) is 12.5. The van der Waals surface area contributed by atoms with Crippen molar-refractivity contribution in [3.8, 4) is 11.5 Å². The number of hydrogen-bond donors (Lipinski definition) is 2. The standard InChI is InChI=1S/C15H14O3/c16-12-7-5-10(6-8-12)15-13(17)9-11-3-1-2-4-14(11)18-15/h1-8,13,15-17H,9H2/t13-,15-/m0/s1. The predicted molar refractivity (Wildman–Crippen MR) is 67.6 cm³/mol. The van der Waals surface area contributed by atoms with Gasteiger partial charge in [0.05, 0.1) is 6.10 Å². The van der Waals surface area contributed by atoms with Crippen molar-refractivity contribution >= 4 is 0 Å². The summed E-state index contributed by atoms with van der Waals surface area (Å²) in [5.41, 5.74) is 1.90. The van der Waals surface area contributed by atoms with E-state index in [1.807, 2.05) is 24.3 Å². The van der Waals surface area contributed by atoms with Crippen molar-refractivity contribution in [3.63, 3.8) is 0 Å². The fourth-order valence-electron chi connectivity index (χ4n) is 2.29. The van der Waals surface area contributed by atoms with Gasteiger partial charge >= 0.3 is 0 Å². The molecule has 0 spiro atoms. The van der Waals surface area contributed by atoms with Crippen LogP contribution in [0, 0.1) is 0 Å². The molecular weight excluding hydrogens is 228 g/mol. The molecule has 3 rings (SSSR count). The molecule has 3 nitrogen and oxygen atoms in total. The molecule has 0 saturated heterocycles. The van der Waals surface area contributed by atoms with Gasteiger partial charge in [-0.25, -0.2) is 0 Å². The third kappa shape index (κ3) is 1.93. The van der Waals surface area contributed by atoms with Gasteiger partial charge in [0.25, 0.3) is 0 Å². The molecule has 1 aliphatic rings. The quantitative estimate of drug-likeness (QED) is 0.807. The van der Waals surface area contributed by atoms with Crippen molar-refractivity contribution in [2.45, 2.75) is 18.6 Å². The van der Waals surface area contributed by atoms with Crippen LogP contribution in [0.1, 0.15) is 17.2 Å². The summed E-state index contributed by atoms with van der Waals surface area (Å²) in [6, 6.07) is 14.5. The molecule has 0 amide bonds. The van der Waals surface area contributed by atoms with E-state index in [9.17, 15) is 10.2 Å². The molecule has 0 saturated carbocycles. The highest BCUT2D eigenvalue weighted by Crippen LogP contribution is 2.35. The molecule has 0 radical (unpaired) electrons. The lowest BCUT2D eigenvalue weighted by atomic mass is 9.95. The Bertz CT molecular complexity index is 548. The molecule has 92 valence electrons. The third-order valence-corrected chi connectivity index (χ3v) is 3.23. The van der Waals surface area contributed by atoms with Gasteiger partial charge in [0.1, 0.15) is 17.6 Å². The lowest BCUT2D eigenvalue weighted by molar-refractivity contribution is 0.0208. The monoisotopic (exact) mass is 242 g/mol. The molecule has 0 aliphatic carbocycles. The van der Waals surface area contributed by atoms with E-state index >= 15 is 0 Å². The summed E-state index contributed by atoms with van der Waals surface area (Å²) in [7, 11) is 0. The summed E-state index contributed by atoms with van der Waals surface area (Å²) in [5, 5.41) is 19.4. The number of aliphatic hydroxyl groups excluding tert-OH is 1. The predicted octanol–water partition coefficient (Wildman–Crippen LogP) is 2.43. The third-order valence-electron chi connectivity index (χ3n) is 3.23. The molecule has 1 aliphatic heterocycles. The number of aromatic hydroxyl groups is 1. The Labute approximate surface area is 105 Å². The summed E-state index contributed by atoms with van der Waals surface area (Å²) in [6.07, 6.45) is -0.355. The topological polar surface area (TPSA) is 49.7 Å². The van der Waals surface area contributed by atoms with Gasteiger partial charge in [0.2, 0.25) is 0 Å². The van der Waals surface area contributed by atoms with E-state index in [4.69, 9.17) is 4.74 Å². The Morgan fingerprint density at radius 3 is 2.50 bits per heavy atom. The highest BCUT2D eigenvalue weighted by molar-refractivity contribution is 5.38. The minimum Gasteiger partial charge on any atom is -0.508 e. The molecule has 0 fully saturated rings. The Kier molecular flexibility index (Phi) is 2.68. The Morgan fingerprint density at radius 1 is 1.00 bits per heavy atom. The summed E-state index contributed by atoms with van der Waals surface area (Å²) in [6.45, 7) is 0. The van der Waals surface area contributed by atoms with Gasteiger partial charge < -0.3 is 14.9 Å². The summed E-state index contributed by atoms with van der Waals surface area (Å²) in [5.74, 6) is 1.03. The van der Waals surface area contributed by atoms with E-state index in [2.05, 4.69) is 0 Å². The van der Waals surface area contributed by atoms with Crippen LogP contribution in [0.5, 0.6) is 11.5 Å². The number of rotatable bonds is 1. The fourth-order valence-corrected chi connectivity index (χ4v) is 2.29. The van der Waals surface area contributed by atoms with Crippen LogP contribution in [0.2, 0.25) is 0 Å². The second-order valence-corrected chi connectivity index (χ2v) is 4.51. The van der Waals surface area contributed by atoms with Crippen molar-refractivity contribution in [3.05, 3.63) is 59.7 Å². The minimum absolute atomic E-state index is 0.212. The molecule has 2 atom stereocenters. The molecule has 0 aromatic heterocycles. The lowest BCUT2D eigenvalue weighted by Gasteiger charge is -2.30. The number of para-hydroxylation sites is 1. The normalized spacial score (nSPS) is 22.1. The van der Waals surface area contributed by atoms with Crippen LogP contribution < -0.4 is 4.74 Å². The number of benzene rings is 2. The number of fused-ring (bicyclic) bond motifs is 1. The van der Waals surface area contributed by atoms with Crippen LogP contribution in [0.25, 0.3) is 0 Å². The first-order valence-corrected chi connectivity index (χ1v) is 5.95. The Balaban J connectivity index is 1.93. The van der Waals surface area contributed by atoms with Crippen LogP contribution in [-0.4, -0.2) is 16.3 Å². The number of phenols is 1. The maximum atomic E-state index is 10.2. The van der Waals surface area contributed by atoms with Crippen molar-refractivity contribution in [1.29, 1.82) is 0 Å². The Morgan fingerprint density at radius 2 is 1.72 bits per heavy atom. The SMILES string of the molecule is Oc1ccc([C@@H]2Oc3ccccc3C[C@@H]2O)cc1. The van der Waals surface area contributed by atoms with Crippen molar-refractivity contribution < 1.29 is 14.9 Å². The van der Waals surface area contributed by atoms with Gasteiger partial charge in [0.15, 0.2) is 0 Å². The van der Waals surface area contributed by atoms with E-state index in [0.717, 1.165) is 16.9 Å². The highest BCUT2D eigenvalue weighted by Gasteiger charge is 2.29. The van der Waals surface area contributed by atoms with E-state index < -0.39 is 6.10 Å². The van der Waals surface area contributed by atoms with Gasteiger partial charge in [-0.15, -0.1) is 0 Å². The maximum absolute atomic E-state index is 10.2. The van der Waals surface area contributed by atoms with Crippen LogP contribution in [0.15, 0.2) is 48.5 Å². The van der Waals surface area contributed by atoms with Crippen molar-refractivity contribution in [1.82, 2.24) is 0 Å². The first kappa shape index (κ1) is 11.1. The van der Waals surface area contributed by atoms with Crippen LogP contribution in [0.4, 0.5) is 0 Å². The summed E-state index contributed by atoms with van der Waals surface area (Å²) in [4.78, 5) is 0. The highest BCUT2D eigenvalue weighted by atomic mass is 16.5. The van der Waals surface area contributed by atoms with Gasteiger partial charge in [-0.2, -0.15) is 0 Å². The number of ether oxygens (including phenoxy) is 1. The minimum atomic E-state index is -0.565. The fraction of sp³-hybridized carbons (Fsp3) is 0.200. The van der Waals surface area contributed by atoms with Gasteiger partial charge in [-0.1, -0.05) is 30.3 Å². The molecule has 0 unspecified atom stereocenters. The molecule has 2 aromatic carbocycles. The van der Waals surface area contributed by atoms with Gasteiger partial charge in [0, 0.05) is 6.42 Å². The largest absolute Gasteiger partial charge is 0.508 e. The van der Waals surface area contributed by atoms with Gasteiger partial charge in [-0.3, -0.25) is 0 Å². The van der Waals surface area contributed by atoms with E-state index in [0.29, 0.717) is 6.42 Å². The summed E-state index contributed by atoms with van der Waals surface area (Å²) < 4.78 is 5.84. The smallest absolute Gasteiger partial charge is 0.150 e. The van der Waals surface area contributed by atoms with E-state index in [-0.39, 0.29) is 11.9 Å². The van der Waals surface area contributed by atoms with Crippen LogP contribution >= 0.6 is 0 Å². The molecule has 0 bridgehead atoms. The molecule has 2 N–H and O–H groups in total. The number of aliphatic hydroxyl groups is 1. The Hall–Kier alpha value is -2.00. The zero-order valence-corrected chi connectivity index (χ0v) is 9.78. The number of phenolic OH excluding ortho intramolecular Hbond substituents is 1. The average molecular weight is 242 g/mol. The molecule has 3 heteroatoms. The first-order valence-electron chi connectivity index (χ1n) is 5.95. The first-order chi connectivity index (χ1) is 8.74. The lowest BCUT2D eigenvalue weighted by Crippen LogP contribution is -2.30. The van der Waals surface area contributed by atoms with Crippen molar-refractivity contribution in [2.24, 2.45) is 0 Å². The maximum Gasteiger partial charge on any atom is 0.150 e. The second-order valence-electron chi connectivity index (χ2n) is 4.51. The summed E-state index contributed by atoms with van der Waals surface area (Å²) >= 11 is 0.